The van der Waals surface area contributed by atoms with Gasteiger partial charge in [-0.15, -0.1) is 0 Å². The molecule has 2 rings (SSSR count). The van der Waals surface area contributed by atoms with Crippen molar-refractivity contribution in [3.8, 4) is 0 Å². The van der Waals surface area contributed by atoms with Gasteiger partial charge in [0, 0.05) is 6.42 Å². The van der Waals surface area contributed by atoms with Crippen LogP contribution < -0.4 is 5.32 Å². The van der Waals surface area contributed by atoms with Gasteiger partial charge in [-0.2, -0.15) is 0 Å². The van der Waals surface area contributed by atoms with Crippen molar-refractivity contribution in [3.05, 3.63) is 48.6 Å². The smallest absolute Gasteiger partial charge is 0.220 e. The van der Waals surface area contributed by atoms with Gasteiger partial charge in [0.2, 0.25) is 5.91 Å². The van der Waals surface area contributed by atoms with Gasteiger partial charge in [-0.25, -0.2) is 0 Å². The van der Waals surface area contributed by atoms with Crippen LogP contribution in [0, 0.1) is 0 Å². The van der Waals surface area contributed by atoms with Crippen molar-refractivity contribution >= 4 is 5.91 Å². The lowest BCUT2D eigenvalue weighted by molar-refractivity contribution is -0.359. The van der Waals surface area contributed by atoms with Crippen molar-refractivity contribution in [3.63, 3.8) is 0 Å². The zero-order chi connectivity index (χ0) is 60.9. The van der Waals surface area contributed by atoms with E-state index in [1.807, 2.05) is 6.08 Å². The van der Waals surface area contributed by atoms with E-state index in [9.17, 15) is 45.6 Å². The molecule has 2 aliphatic heterocycles. The molecule has 2 heterocycles. The Morgan fingerprint density at radius 2 is 0.786 bits per heavy atom. The summed E-state index contributed by atoms with van der Waals surface area (Å²) in [6, 6.07) is -0.918. The zero-order valence-electron chi connectivity index (χ0n) is 53.4. The van der Waals surface area contributed by atoms with Gasteiger partial charge in [0.25, 0.3) is 0 Å². The number of carbonyl (C=O) groups excluding carboxylic acids is 1. The SMILES string of the molecule is CCCCCCC/C=C\C/C=C\C/C=C\CCCCCCCCCCCCCCC(=O)NC(COC1OC(CO)C(OC2OC(CO)C(O)C(O)C2O)C(O)C1O)C(O)/C=C/CCCCCCCCCCCCCCCCCCCCCCC. The van der Waals surface area contributed by atoms with Crippen LogP contribution in [-0.2, 0) is 23.7 Å². The minimum Gasteiger partial charge on any atom is -0.394 e. The molecule has 84 heavy (non-hydrogen) atoms. The second-order valence-corrected chi connectivity index (χ2v) is 24.7. The van der Waals surface area contributed by atoms with Gasteiger partial charge in [-0.3, -0.25) is 4.79 Å². The molecule has 12 unspecified atom stereocenters. The highest BCUT2D eigenvalue weighted by Crippen LogP contribution is 2.30. The molecule has 492 valence electrons. The van der Waals surface area contributed by atoms with Crippen molar-refractivity contribution in [2.45, 2.75) is 370 Å². The third-order valence-corrected chi connectivity index (χ3v) is 17.0. The molecule has 1 amide bonds. The largest absolute Gasteiger partial charge is 0.394 e. The van der Waals surface area contributed by atoms with Gasteiger partial charge in [-0.05, 0) is 57.8 Å². The Labute approximate surface area is 512 Å². The molecule has 0 aromatic rings. The predicted molar refractivity (Wildman–Crippen MR) is 341 cm³/mol. The van der Waals surface area contributed by atoms with Gasteiger partial charge >= 0.3 is 0 Å². The molecular weight excluding hydrogens is 1060 g/mol. The molecule has 2 saturated heterocycles. The normalized spacial score (nSPS) is 23.9. The van der Waals surface area contributed by atoms with E-state index >= 15 is 0 Å². The highest BCUT2D eigenvalue weighted by atomic mass is 16.7. The lowest BCUT2D eigenvalue weighted by Crippen LogP contribution is -2.65. The van der Waals surface area contributed by atoms with Crippen LogP contribution in [0.5, 0.6) is 0 Å². The first-order valence-electron chi connectivity index (χ1n) is 34.9. The molecule has 2 aliphatic rings. The highest BCUT2D eigenvalue weighted by Gasteiger charge is 2.51. The monoisotopic (exact) mass is 1190 g/mol. The molecule has 0 radical (unpaired) electrons. The summed E-state index contributed by atoms with van der Waals surface area (Å²) in [5, 5.41) is 87.4. The molecule has 12 atom stereocenters. The third-order valence-electron chi connectivity index (χ3n) is 17.0. The fraction of sp³-hybridized carbons (Fsp3) is 0.871. The van der Waals surface area contributed by atoms with E-state index in [1.54, 1.807) is 6.08 Å². The molecule has 9 N–H and O–H groups in total. The van der Waals surface area contributed by atoms with Crippen molar-refractivity contribution in [1.82, 2.24) is 5.32 Å². The number of rotatable bonds is 57. The molecule has 0 bridgehead atoms. The van der Waals surface area contributed by atoms with Crippen LogP contribution in [0.1, 0.15) is 296 Å². The molecule has 0 aromatic carbocycles. The number of ether oxygens (including phenoxy) is 4. The highest BCUT2D eigenvalue weighted by molar-refractivity contribution is 5.76. The summed E-state index contributed by atoms with van der Waals surface area (Å²) in [6.07, 6.45) is 54.4. The Bertz CT molecular complexity index is 1590. The van der Waals surface area contributed by atoms with E-state index in [4.69, 9.17) is 18.9 Å². The maximum absolute atomic E-state index is 13.3. The van der Waals surface area contributed by atoms with Crippen LogP contribution in [0.4, 0.5) is 0 Å². The molecular formula is C70H129NO13. The quantitative estimate of drug-likeness (QED) is 0.0204. The average molecular weight is 1190 g/mol. The number of amides is 1. The molecule has 2 fully saturated rings. The lowest BCUT2D eigenvalue weighted by Gasteiger charge is -2.46. The fourth-order valence-corrected chi connectivity index (χ4v) is 11.4. The summed E-state index contributed by atoms with van der Waals surface area (Å²) in [5.74, 6) is -0.239. The first-order valence-corrected chi connectivity index (χ1v) is 34.9. The summed E-state index contributed by atoms with van der Waals surface area (Å²) >= 11 is 0. The standard InChI is InChI=1S/C70H129NO13/c1-3-5-7-9-11-13-15-17-19-21-23-25-27-28-29-30-32-34-36-38-40-42-44-46-48-50-52-54-62(75)71-58(57-81-69-67(80)65(78)68(61(56-73)83-69)84-70-66(79)64(77)63(76)60(55-72)82-70)59(74)53-51-49-47-45-43-41-39-37-35-33-31-26-24-22-20-18-16-14-12-10-8-6-4-2/h15,17,21,23,27-28,51,53,58-61,63-70,72-74,76-80H,3-14,16,18-20,22,24-26,29-50,52,54-57H2,1-2H3,(H,71,75)/b17-15-,23-21-,28-27-,53-51+. The maximum atomic E-state index is 13.3. The van der Waals surface area contributed by atoms with Gasteiger partial charge < -0.3 is 65.1 Å². The first kappa shape index (κ1) is 78.0. The Kier molecular flexibility index (Phi) is 51.1. The Morgan fingerprint density at radius 1 is 0.429 bits per heavy atom. The number of nitrogens with one attached hydrogen (secondary N) is 1. The molecule has 0 saturated carbocycles. The van der Waals surface area contributed by atoms with Gasteiger partial charge in [0.15, 0.2) is 12.6 Å². The number of hydrogen-bond acceptors (Lipinski definition) is 13. The average Bonchev–Trinajstić information content (AvgIpc) is 3.62. The molecule has 14 nitrogen and oxygen atoms in total. The second-order valence-electron chi connectivity index (χ2n) is 24.7. The summed E-state index contributed by atoms with van der Waals surface area (Å²) in [5.41, 5.74) is 0. The third kappa shape index (κ3) is 39.1. The van der Waals surface area contributed by atoms with Gasteiger partial charge in [0.1, 0.15) is 48.8 Å². The zero-order valence-corrected chi connectivity index (χ0v) is 53.4. The first-order chi connectivity index (χ1) is 41.1. The number of unbranched alkanes of at least 4 members (excludes halogenated alkanes) is 38. The van der Waals surface area contributed by atoms with Crippen LogP contribution in [0.25, 0.3) is 0 Å². The Balaban J connectivity index is 1.69. The summed E-state index contributed by atoms with van der Waals surface area (Å²) in [7, 11) is 0. The van der Waals surface area contributed by atoms with E-state index in [0.717, 1.165) is 51.4 Å². The molecule has 0 spiro atoms. The molecule has 0 aromatic heterocycles. The maximum Gasteiger partial charge on any atom is 0.220 e. The minimum atomic E-state index is -1.79. The van der Waals surface area contributed by atoms with E-state index in [0.29, 0.717) is 6.42 Å². The van der Waals surface area contributed by atoms with Crippen LogP contribution in [0.15, 0.2) is 48.6 Å². The number of aliphatic hydroxyl groups is 8. The number of aliphatic hydroxyl groups excluding tert-OH is 8. The van der Waals surface area contributed by atoms with Crippen LogP contribution >= 0.6 is 0 Å². The number of hydrogen-bond donors (Lipinski definition) is 9. The minimum absolute atomic E-state index is 0.239. The Hall–Kier alpha value is -2.05. The van der Waals surface area contributed by atoms with Crippen LogP contribution in [0.2, 0.25) is 0 Å². The van der Waals surface area contributed by atoms with Crippen LogP contribution in [0.3, 0.4) is 0 Å². The topological polar surface area (TPSA) is 228 Å². The summed E-state index contributed by atoms with van der Waals surface area (Å²) in [4.78, 5) is 13.3. The fourth-order valence-electron chi connectivity index (χ4n) is 11.4. The van der Waals surface area contributed by atoms with Crippen molar-refractivity contribution in [1.29, 1.82) is 0 Å². The van der Waals surface area contributed by atoms with E-state index < -0.39 is 86.8 Å². The van der Waals surface area contributed by atoms with Gasteiger partial charge in [-0.1, -0.05) is 281 Å². The number of allylic oxidation sites excluding steroid dienone is 7. The molecule has 14 heteroatoms. The Morgan fingerprint density at radius 3 is 1.20 bits per heavy atom. The number of carbonyl (C=O) groups is 1. The van der Waals surface area contributed by atoms with E-state index in [2.05, 4.69) is 55.6 Å². The van der Waals surface area contributed by atoms with E-state index in [1.165, 1.54) is 218 Å². The van der Waals surface area contributed by atoms with Crippen molar-refractivity contribution < 1.29 is 64.6 Å². The predicted octanol–water partition coefficient (Wildman–Crippen LogP) is 13.9. The van der Waals surface area contributed by atoms with Crippen LogP contribution in [-0.4, -0.2) is 140 Å². The van der Waals surface area contributed by atoms with Gasteiger partial charge in [0.05, 0.1) is 32.0 Å². The van der Waals surface area contributed by atoms with Crippen molar-refractivity contribution in [2.75, 3.05) is 19.8 Å². The lowest BCUT2D eigenvalue weighted by atomic mass is 9.97. The molecule has 0 aliphatic carbocycles. The summed E-state index contributed by atoms with van der Waals surface area (Å²) in [6.45, 7) is 2.82. The van der Waals surface area contributed by atoms with Crippen molar-refractivity contribution in [2.24, 2.45) is 0 Å². The summed E-state index contributed by atoms with van der Waals surface area (Å²) < 4.78 is 22.9. The van der Waals surface area contributed by atoms with E-state index in [-0.39, 0.29) is 18.9 Å². The second kappa shape index (κ2) is 55.1.